The minimum Gasteiger partial charge on any atom is -0.309 e. The normalized spacial score (nSPS) is 11.8. The Morgan fingerprint density at radius 1 is 0.200 bits per heavy atom. The van der Waals surface area contributed by atoms with Crippen LogP contribution in [0.4, 0.5) is 0 Å². The number of rotatable bonds is 11. The van der Waals surface area contributed by atoms with Gasteiger partial charge in [-0.25, -0.2) is 29.9 Å². The summed E-state index contributed by atoms with van der Waals surface area (Å²) in [5.74, 6) is 3.78. The number of fused-ring (bicyclic) bond motifs is 12. The van der Waals surface area contributed by atoms with Gasteiger partial charge in [0.1, 0.15) is 0 Å². The molecule has 0 aliphatic rings. The maximum absolute atomic E-state index is 5.38. The van der Waals surface area contributed by atoms with Crippen LogP contribution < -0.4 is 0 Å². The molecule has 0 spiro atoms. The van der Waals surface area contributed by atoms with E-state index < -0.39 is 0 Å². The Kier molecular flexibility index (Phi) is 13.5. The van der Waals surface area contributed by atoms with Gasteiger partial charge in [0.2, 0.25) is 0 Å². The lowest BCUT2D eigenvalue weighted by Crippen LogP contribution is -2.00. The zero-order valence-electron chi connectivity index (χ0n) is 53.6. The van der Waals surface area contributed by atoms with Crippen molar-refractivity contribution >= 4 is 107 Å². The summed E-state index contributed by atoms with van der Waals surface area (Å²) in [4.78, 5) is 31.3. The first kappa shape index (κ1) is 57.4. The summed E-state index contributed by atoms with van der Waals surface area (Å²) in [6, 6.07) is 117. The molecule has 100 heavy (non-hydrogen) atoms. The van der Waals surface area contributed by atoms with E-state index in [1.807, 2.05) is 54.6 Å². The molecule has 0 atom stereocenters. The van der Waals surface area contributed by atoms with Crippen LogP contribution in [-0.2, 0) is 0 Å². The molecular formula is C90H54N8S2. The lowest BCUT2D eigenvalue weighted by atomic mass is 9.97. The molecule has 14 aromatic carbocycles. The number of benzene rings is 14. The smallest absolute Gasteiger partial charge is 0.164 e. The fraction of sp³-hybridized carbons (Fsp3) is 0. The summed E-state index contributed by atoms with van der Waals surface area (Å²) >= 11 is 3.60. The van der Waals surface area contributed by atoms with Crippen molar-refractivity contribution in [1.82, 2.24) is 39.0 Å². The van der Waals surface area contributed by atoms with Gasteiger partial charge < -0.3 is 9.13 Å². The van der Waals surface area contributed by atoms with Gasteiger partial charge in [0, 0.05) is 112 Å². The Morgan fingerprint density at radius 2 is 0.570 bits per heavy atom. The lowest BCUT2D eigenvalue weighted by molar-refractivity contribution is 1.08. The average molecular weight is 1310 g/mol. The van der Waals surface area contributed by atoms with Crippen molar-refractivity contribution in [3.63, 3.8) is 0 Å². The molecule has 6 heterocycles. The second kappa shape index (κ2) is 23.5. The molecule has 0 aliphatic heterocycles. The molecule has 0 radical (unpaired) electrons. The number of thiophene rings is 2. The van der Waals surface area contributed by atoms with Crippen LogP contribution >= 0.6 is 22.7 Å². The molecule has 6 aromatic heterocycles. The molecule has 0 aliphatic carbocycles. The summed E-state index contributed by atoms with van der Waals surface area (Å²) in [7, 11) is 0. The highest BCUT2D eigenvalue weighted by atomic mass is 32.1. The molecule has 0 N–H and O–H groups in total. The van der Waals surface area contributed by atoms with Gasteiger partial charge >= 0.3 is 0 Å². The molecule has 20 rings (SSSR count). The molecule has 0 bridgehead atoms. The largest absolute Gasteiger partial charge is 0.309 e. The maximum Gasteiger partial charge on any atom is 0.164 e. The van der Waals surface area contributed by atoms with Crippen LogP contribution in [0, 0.1) is 0 Å². The SMILES string of the molecule is c1ccc(-c2nc(-c3ccccc3)nc(-c3cccc4sc5ccc(-c6cccc7c6c6ccccc6n7-c6ccc(-c7ccc(-c8nc(-c9ccccc9)nc(-c9cccc%10sc%11ccc(-c%12cccc%13c%14ccccc%14n(-c%14ccccc%14)c%12%13)cc%11c9%10)n8)cc7)cc6)cc5c34)n2)cc1. The van der Waals surface area contributed by atoms with Gasteiger partial charge in [0.05, 0.1) is 22.1 Å². The van der Waals surface area contributed by atoms with E-state index in [1.54, 1.807) is 22.7 Å². The standard InChI is InChI=1S/C90H54N8S2/c1-5-21-57(22-6-1)85-91-86(58-23-7-2-8-24-58)94-89(93-85)70-34-19-39-79-82(70)72-53-61(47-51-77(72)99-79)65-31-18-38-76-81(65)69-30-14-16-37-75(69)97(76)64-49-45-56(46-50-64)55-41-43-60(44-42-55)88-92-87(59-25-9-3-10-26-59)95-90(96-88)71-35-20-40-80-83(71)73-54-62(48-52-78(73)100-80)66-32-17-33-68-67-29-13-15-36-74(67)98(84(66)68)63-27-11-4-12-28-63/h1-54H. The Balaban J connectivity index is 0.646. The van der Waals surface area contributed by atoms with Gasteiger partial charge in [-0.2, -0.15) is 0 Å². The predicted octanol–water partition coefficient (Wildman–Crippen LogP) is 24.0. The third-order valence-corrected chi connectivity index (χ3v) is 21.7. The van der Waals surface area contributed by atoms with Crippen LogP contribution in [0.25, 0.3) is 197 Å². The fourth-order valence-corrected chi connectivity index (χ4v) is 17.1. The van der Waals surface area contributed by atoms with Gasteiger partial charge in [-0.1, -0.05) is 249 Å². The van der Waals surface area contributed by atoms with E-state index in [-0.39, 0.29) is 0 Å². The highest BCUT2D eigenvalue weighted by molar-refractivity contribution is 7.26. The van der Waals surface area contributed by atoms with E-state index >= 15 is 0 Å². The second-order valence-electron chi connectivity index (χ2n) is 25.3. The first-order chi connectivity index (χ1) is 49.6. The van der Waals surface area contributed by atoms with Crippen molar-refractivity contribution in [2.45, 2.75) is 0 Å². The van der Waals surface area contributed by atoms with E-state index in [4.69, 9.17) is 29.9 Å². The average Bonchev–Trinajstić information content (AvgIpc) is 1.58. The van der Waals surface area contributed by atoms with Crippen LogP contribution in [0.2, 0.25) is 0 Å². The summed E-state index contributed by atoms with van der Waals surface area (Å²) in [5.41, 5.74) is 19.3. The van der Waals surface area contributed by atoms with E-state index in [2.05, 4.69) is 282 Å². The van der Waals surface area contributed by atoms with E-state index in [1.165, 1.54) is 73.3 Å². The zero-order valence-corrected chi connectivity index (χ0v) is 55.2. The topological polar surface area (TPSA) is 87.2 Å². The number of aromatic nitrogens is 8. The molecule has 0 fully saturated rings. The Bertz CT molecular complexity index is 6560. The van der Waals surface area contributed by atoms with Crippen molar-refractivity contribution in [3.8, 4) is 113 Å². The number of nitrogens with zero attached hydrogens (tertiary/aromatic N) is 8. The Hall–Kier alpha value is -12.9. The first-order valence-corrected chi connectivity index (χ1v) is 35.1. The quantitative estimate of drug-likeness (QED) is 0.128. The van der Waals surface area contributed by atoms with Crippen LogP contribution in [0.5, 0.6) is 0 Å². The van der Waals surface area contributed by atoms with Crippen LogP contribution in [0.15, 0.2) is 328 Å². The molecule has 0 amide bonds. The zero-order chi connectivity index (χ0) is 65.8. The first-order valence-electron chi connectivity index (χ1n) is 33.5. The Labute approximate surface area is 582 Å². The molecule has 0 unspecified atom stereocenters. The lowest BCUT2D eigenvalue weighted by Gasteiger charge is -2.12. The minimum atomic E-state index is 0.609. The Morgan fingerprint density at radius 3 is 1.12 bits per heavy atom. The van der Waals surface area contributed by atoms with Crippen molar-refractivity contribution in [1.29, 1.82) is 0 Å². The molecule has 8 nitrogen and oxygen atoms in total. The monoisotopic (exact) mass is 1310 g/mol. The van der Waals surface area contributed by atoms with Crippen molar-refractivity contribution in [3.05, 3.63) is 328 Å². The van der Waals surface area contributed by atoms with Crippen LogP contribution in [0.1, 0.15) is 0 Å². The molecular weight excluding hydrogens is 1260 g/mol. The van der Waals surface area contributed by atoms with E-state index in [0.717, 1.165) is 88.8 Å². The molecule has 466 valence electrons. The maximum atomic E-state index is 5.38. The van der Waals surface area contributed by atoms with Crippen molar-refractivity contribution in [2.24, 2.45) is 0 Å². The number of hydrogen-bond donors (Lipinski definition) is 0. The van der Waals surface area contributed by atoms with Gasteiger partial charge in [-0.05, 0) is 107 Å². The number of hydrogen-bond acceptors (Lipinski definition) is 8. The summed E-state index contributed by atoms with van der Waals surface area (Å²) in [6.07, 6.45) is 0. The molecule has 20 aromatic rings. The predicted molar refractivity (Wildman–Crippen MR) is 417 cm³/mol. The number of para-hydroxylation sites is 4. The molecule has 0 saturated heterocycles. The third-order valence-electron chi connectivity index (χ3n) is 19.5. The van der Waals surface area contributed by atoms with Crippen LogP contribution in [-0.4, -0.2) is 39.0 Å². The van der Waals surface area contributed by atoms with E-state index in [9.17, 15) is 0 Å². The van der Waals surface area contributed by atoms with Gasteiger partial charge in [0.25, 0.3) is 0 Å². The molecule has 0 saturated carbocycles. The highest BCUT2D eigenvalue weighted by Gasteiger charge is 2.24. The summed E-state index contributed by atoms with van der Waals surface area (Å²) in [5, 5.41) is 9.44. The minimum absolute atomic E-state index is 0.609. The summed E-state index contributed by atoms with van der Waals surface area (Å²) < 4.78 is 9.58. The highest BCUT2D eigenvalue weighted by Crippen LogP contribution is 2.47. The van der Waals surface area contributed by atoms with Gasteiger partial charge in [-0.3, -0.25) is 0 Å². The summed E-state index contributed by atoms with van der Waals surface area (Å²) in [6.45, 7) is 0. The van der Waals surface area contributed by atoms with E-state index in [0.29, 0.717) is 34.9 Å². The van der Waals surface area contributed by atoms with Crippen molar-refractivity contribution in [2.75, 3.05) is 0 Å². The van der Waals surface area contributed by atoms with Gasteiger partial charge in [-0.15, -0.1) is 22.7 Å². The molecule has 10 heteroatoms. The fourth-order valence-electron chi connectivity index (χ4n) is 14.9. The third kappa shape index (κ3) is 9.56. The van der Waals surface area contributed by atoms with Gasteiger partial charge in [0.15, 0.2) is 34.9 Å². The second-order valence-corrected chi connectivity index (χ2v) is 27.4. The van der Waals surface area contributed by atoms with Crippen molar-refractivity contribution < 1.29 is 0 Å². The van der Waals surface area contributed by atoms with Crippen LogP contribution in [0.3, 0.4) is 0 Å².